The van der Waals surface area contributed by atoms with Crippen molar-refractivity contribution >= 4 is 5.91 Å². The van der Waals surface area contributed by atoms with Gasteiger partial charge in [-0.1, -0.05) is 6.07 Å². The van der Waals surface area contributed by atoms with Gasteiger partial charge in [0.25, 0.3) is 0 Å². The molecule has 1 aromatic rings. The van der Waals surface area contributed by atoms with Crippen molar-refractivity contribution in [2.24, 2.45) is 11.7 Å². The number of nitrogens with zero attached hydrogens (tertiary/aromatic N) is 1. The van der Waals surface area contributed by atoms with E-state index in [9.17, 15) is 4.79 Å². The van der Waals surface area contributed by atoms with E-state index >= 15 is 0 Å². The molecular weight excluding hydrogens is 256 g/mol. The van der Waals surface area contributed by atoms with E-state index in [0.717, 1.165) is 36.3 Å². The van der Waals surface area contributed by atoms with E-state index in [-0.39, 0.29) is 24.7 Å². The summed E-state index contributed by atoms with van der Waals surface area (Å²) in [6.07, 6.45) is 2.67. The molecule has 2 unspecified atom stereocenters. The molecule has 1 amide bonds. The second kappa shape index (κ2) is 5.32. The van der Waals surface area contributed by atoms with Crippen LogP contribution in [0, 0.1) is 5.92 Å². The van der Waals surface area contributed by atoms with Gasteiger partial charge in [-0.15, -0.1) is 0 Å². The Kier molecular flexibility index (Phi) is 3.53. The molecule has 5 heteroatoms. The van der Waals surface area contributed by atoms with Crippen LogP contribution in [-0.2, 0) is 11.3 Å². The monoisotopic (exact) mass is 276 g/mol. The van der Waals surface area contributed by atoms with E-state index in [2.05, 4.69) is 0 Å². The van der Waals surface area contributed by atoms with Gasteiger partial charge in [-0.05, 0) is 37.0 Å². The van der Waals surface area contributed by atoms with Gasteiger partial charge in [0.2, 0.25) is 12.7 Å². The molecule has 3 rings (SSSR count). The Morgan fingerprint density at radius 3 is 2.90 bits per heavy atom. The van der Waals surface area contributed by atoms with E-state index in [1.165, 1.54) is 0 Å². The lowest BCUT2D eigenvalue weighted by atomic mass is 10.1. The highest BCUT2D eigenvalue weighted by atomic mass is 16.7. The van der Waals surface area contributed by atoms with Crippen molar-refractivity contribution in [1.82, 2.24) is 4.90 Å². The Balaban J connectivity index is 1.63. The lowest BCUT2D eigenvalue weighted by Crippen LogP contribution is -2.32. The molecule has 1 fully saturated rings. The van der Waals surface area contributed by atoms with Crippen molar-refractivity contribution < 1.29 is 14.3 Å². The Hall–Kier alpha value is -1.75. The number of rotatable bonds is 3. The summed E-state index contributed by atoms with van der Waals surface area (Å²) in [5, 5.41) is 0. The lowest BCUT2D eigenvalue weighted by molar-refractivity contribution is -0.134. The average molecular weight is 276 g/mol. The highest BCUT2D eigenvalue weighted by Crippen LogP contribution is 2.33. The molecular formula is C15H20N2O3. The number of hydrogen-bond acceptors (Lipinski definition) is 4. The quantitative estimate of drug-likeness (QED) is 0.908. The maximum absolute atomic E-state index is 12.3. The van der Waals surface area contributed by atoms with Crippen LogP contribution in [0.15, 0.2) is 18.2 Å². The molecule has 0 radical (unpaired) electrons. The fraction of sp³-hybridized carbons (Fsp3) is 0.533. The topological polar surface area (TPSA) is 64.8 Å². The number of carbonyl (C=O) groups excluding carboxylic acids is 1. The molecule has 1 aliphatic heterocycles. The van der Waals surface area contributed by atoms with Gasteiger partial charge in [0, 0.05) is 25.6 Å². The first-order valence-electron chi connectivity index (χ1n) is 7.02. The van der Waals surface area contributed by atoms with E-state index in [1.54, 1.807) is 4.90 Å². The smallest absolute Gasteiger partial charge is 0.231 e. The van der Waals surface area contributed by atoms with Gasteiger partial charge in [0.15, 0.2) is 11.5 Å². The summed E-state index contributed by atoms with van der Waals surface area (Å²) >= 11 is 0. The van der Waals surface area contributed by atoms with Crippen molar-refractivity contribution in [3.05, 3.63) is 23.8 Å². The molecule has 1 saturated carbocycles. The Bertz CT molecular complexity index is 518. The molecule has 20 heavy (non-hydrogen) atoms. The molecule has 2 atom stereocenters. The van der Waals surface area contributed by atoms with Gasteiger partial charge in [-0.2, -0.15) is 0 Å². The molecule has 108 valence electrons. The highest BCUT2D eigenvalue weighted by molar-refractivity contribution is 5.79. The first-order valence-corrected chi connectivity index (χ1v) is 7.02. The summed E-state index contributed by atoms with van der Waals surface area (Å²) in [4.78, 5) is 14.1. The van der Waals surface area contributed by atoms with Crippen molar-refractivity contribution in [3.63, 3.8) is 0 Å². The largest absolute Gasteiger partial charge is 0.454 e. The minimum atomic E-state index is 0.0870. The van der Waals surface area contributed by atoms with Gasteiger partial charge >= 0.3 is 0 Å². The summed E-state index contributed by atoms with van der Waals surface area (Å²) in [6, 6.07) is 5.98. The molecule has 5 nitrogen and oxygen atoms in total. The number of carbonyl (C=O) groups is 1. The third kappa shape index (κ3) is 2.58. The summed E-state index contributed by atoms with van der Waals surface area (Å²) in [5.74, 6) is 1.80. The van der Waals surface area contributed by atoms with Crippen LogP contribution in [0.2, 0.25) is 0 Å². The number of fused-ring (bicyclic) bond motifs is 1. The van der Waals surface area contributed by atoms with Crippen LogP contribution >= 0.6 is 0 Å². The van der Waals surface area contributed by atoms with Gasteiger partial charge in [0.05, 0.1) is 0 Å². The van der Waals surface area contributed by atoms with Crippen LogP contribution in [0.25, 0.3) is 0 Å². The molecule has 2 aliphatic rings. The molecule has 0 spiro atoms. The summed E-state index contributed by atoms with van der Waals surface area (Å²) in [6.45, 7) is 0.856. The van der Waals surface area contributed by atoms with E-state index < -0.39 is 0 Å². The maximum Gasteiger partial charge on any atom is 0.231 e. The first-order chi connectivity index (χ1) is 9.63. The maximum atomic E-state index is 12.3. The van der Waals surface area contributed by atoms with Gasteiger partial charge in [-0.3, -0.25) is 4.79 Å². The minimum Gasteiger partial charge on any atom is -0.454 e. The molecule has 1 aliphatic carbocycles. The zero-order valence-electron chi connectivity index (χ0n) is 11.7. The van der Waals surface area contributed by atoms with E-state index in [4.69, 9.17) is 15.2 Å². The summed E-state index contributed by atoms with van der Waals surface area (Å²) in [5.41, 5.74) is 6.92. The van der Waals surface area contributed by atoms with E-state index in [0.29, 0.717) is 6.54 Å². The SMILES string of the molecule is CN(Cc1ccc2c(c1)OCO2)C(=O)C1CCC(N)C1. The van der Waals surface area contributed by atoms with Gasteiger partial charge in [0.1, 0.15) is 0 Å². The number of benzene rings is 1. The number of amides is 1. The Morgan fingerprint density at radius 1 is 1.35 bits per heavy atom. The molecule has 1 aromatic carbocycles. The molecule has 1 heterocycles. The fourth-order valence-electron chi connectivity index (χ4n) is 2.94. The summed E-state index contributed by atoms with van der Waals surface area (Å²) < 4.78 is 10.6. The van der Waals surface area contributed by atoms with Crippen molar-refractivity contribution in [1.29, 1.82) is 0 Å². The van der Waals surface area contributed by atoms with Crippen molar-refractivity contribution in [2.75, 3.05) is 13.8 Å². The fourth-order valence-corrected chi connectivity index (χ4v) is 2.94. The number of nitrogens with two attached hydrogens (primary N) is 1. The van der Waals surface area contributed by atoms with Crippen molar-refractivity contribution in [3.8, 4) is 11.5 Å². The van der Waals surface area contributed by atoms with Crippen LogP contribution in [0.1, 0.15) is 24.8 Å². The van der Waals surface area contributed by atoms with Gasteiger partial charge in [-0.25, -0.2) is 0 Å². The third-order valence-corrected chi connectivity index (χ3v) is 4.06. The van der Waals surface area contributed by atoms with E-state index in [1.807, 2.05) is 25.2 Å². The summed E-state index contributed by atoms with van der Waals surface area (Å²) in [7, 11) is 1.84. The Morgan fingerprint density at radius 2 is 2.15 bits per heavy atom. The second-order valence-corrected chi connectivity index (χ2v) is 5.65. The zero-order chi connectivity index (χ0) is 14.1. The highest BCUT2D eigenvalue weighted by Gasteiger charge is 2.29. The predicted molar refractivity (Wildman–Crippen MR) is 74.4 cm³/mol. The standard InChI is InChI=1S/C15H20N2O3/c1-17(15(18)11-3-4-12(16)7-11)8-10-2-5-13-14(6-10)20-9-19-13/h2,5-6,11-12H,3-4,7-9,16H2,1H3. The predicted octanol–water partition coefficient (Wildman–Crippen LogP) is 1.50. The minimum absolute atomic E-state index is 0.0870. The lowest BCUT2D eigenvalue weighted by Gasteiger charge is -2.21. The van der Waals surface area contributed by atoms with Crippen LogP contribution in [0.5, 0.6) is 11.5 Å². The average Bonchev–Trinajstić information content (AvgIpc) is 3.05. The molecule has 0 aromatic heterocycles. The second-order valence-electron chi connectivity index (χ2n) is 5.65. The number of hydrogen-bond donors (Lipinski definition) is 1. The van der Waals surface area contributed by atoms with Crippen LogP contribution < -0.4 is 15.2 Å². The van der Waals surface area contributed by atoms with Crippen LogP contribution in [0.3, 0.4) is 0 Å². The molecule has 0 saturated heterocycles. The zero-order valence-corrected chi connectivity index (χ0v) is 11.7. The third-order valence-electron chi connectivity index (χ3n) is 4.06. The molecule has 0 bridgehead atoms. The van der Waals surface area contributed by atoms with Gasteiger partial charge < -0.3 is 20.1 Å². The normalized spacial score (nSPS) is 23.9. The van der Waals surface area contributed by atoms with Crippen LogP contribution in [0.4, 0.5) is 0 Å². The van der Waals surface area contributed by atoms with Crippen LogP contribution in [-0.4, -0.2) is 30.7 Å². The molecule has 2 N–H and O–H groups in total. The first kappa shape index (κ1) is 13.2. The van der Waals surface area contributed by atoms with Crippen molar-refractivity contribution in [2.45, 2.75) is 31.8 Å². The Labute approximate surface area is 118 Å². The number of ether oxygens (including phenoxy) is 2.